The van der Waals surface area contributed by atoms with Crippen molar-refractivity contribution in [3.63, 3.8) is 0 Å². The van der Waals surface area contributed by atoms with Crippen LogP contribution in [0.25, 0.3) is 0 Å². The first-order chi connectivity index (χ1) is 12.3. The van der Waals surface area contributed by atoms with Gasteiger partial charge in [-0.1, -0.05) is 24.6 Å². The second kappa shape index (κ2) is 5.07. The monoisotopic (exact) mass is 352 g/mol. The summed E-state index contributed by atoms with van der Waals surface area (Å²) < 4.78 is 0. The lowest BCUT2D eigenvalue weighted by Crippen LogP contribution is -2.52. The van der Waals surface area contributed by atoms with Gasteiger partial charge in [-0.25, -0.2) is 0 Å². The van der Waals surface area contributed by atoms with Crippen LogP contribution >= 0.6 is 0 Å². The summed E-state index contributed by atoms with van der Waals surface area (Å²) in [5, 5.41) is 10.1. The number of hydrogen-bond acceptors (Lipinski definition) is 3. The van der Waals surface area contributed by atoms with Crippen LogP contribution in [0.2, 0.25) is 0 Å². The zero-order chi connectivity index (χ0) is 18.3. The maximum absolute atomic E-state index is 13.0. The average Bonchev–Trinajstić information content (AvgIpc) is 3.05. The van der Waals surface area contributed by atoms with E-state index in [9.17, 15) is 14.7 Å². The van der Waals surface area contributed by atoms with Gasteiger partial charge in [-0.3, -0.25) is 9.59 Å². The van der Waals surface area contributed by atoms with Crippen LogP contribution in [0, 0.1) is 22.2 Å². The minimum atomic E-state index is -0.893. The lowest BCUT2D eigenvalue weighted by atomic mass is 9.47. The summed E-state index contributed by atoms with van der Waals surface area (Å²) in [5.74, 6) is 0.806. The quantitative estimate of drug-likeness (QED) is 0.762. The lowest BCUT2D eigenvalue weighted by molar-refractivity contribution is -0.141. The molecule has 5 rings (SSSR count). The summed E-state index contributed by atoms with van der Waals surface area (Å²) in [4.78, 5) is 24.9. The third-order valence-electron chi connectivity index (χ3n) is 8.80. The molecule has 2 saturated carbocycles. The Morgan fingerprint density at radius 3 is 2.65 bits per heavy atom. The molecule has 0 aliphatic heterocycles. The summed E-state index contributed by atoms with van der Waals surface area (Å²) in [7, 11) is 0. The highest BCUT2D eigenvalue weighted by Crippen LogP contribution is 2.77. The van der Waals surface area contributed by atoms with Gasteiger partial charge in [0, 0.05) is 11.8 Å². The van der Waals surface area contributed by atoms with Crippen molar-refractivity contribution in [2.75, 3.05) is 0 Å². The molecule has 138 valence electrons. The molecule has 0 heterocycles. The number of fused-ring (bicyclic) bond motifs is 2. The van der Waals surface area contributed by atoms with Gasteiger partial charge in [0.15, 0.2) is 11.6 Å². The smallest absolute Gasteiger partial charge is 0.171 e. The molecule has 3 heteroatoms. The Balaban J connectivity index is 1.62. The third-order valence-corrected chi connectivity index (χ3v) is 8.80. The van der Waals surface area contributed by atoms with Gasteiger partial charge in [-0.05, 0) is 80.4 Å². The fraction of sp³-hybridized carbons (Fsp3) is 0.652. The van der Waals surface area contributed by atoms with Crippen LogP contribution in [0.3, 0.4) is 0 Å². The molecule has 0 aromatic rings. The largest absolute Gasteiger partial charge is 0.386 e. The lowest BCUT2D eigenvalue weighted by Gasteiger charge is -2.55. The van der Waals surface area contributed by atoms with Crippen molar-refractivity contribution >= 4 is 11.6 Å². The molecule has 0 amide bonds. The van der Waals surface area contributed by atoms with Gasteiger partial charge in [0.2, 0.25) is 0 Å². The van der Waals surface area contributed by atoms with Crippen molar-refractivity contribution in [1.82, 2.24) is 0 Å². The molecule has 26 heavy (non-hydrogen) atoms. The number of aliphatic hydroxyl groups is 1. The molecule has 5 aliphatic rings. The first-order valence-electron chi connectivity index (χ1n) is 10.2. The molecular formula is C23H28O3. The van der Waals surface area contributed by atoms with Crippen LogP contribution < -0.4 is 0 Å². The summed E-state index contributed by atoms with van der Waals surface area (Å²) in [5.41, 5.74) is 3.85. The normalized spacial score (nSPS) is 44.3. The molecule has 0 aromatic carbocycles. The highest BCUT2D eigenvalue weighted by Gasteiger charge is 2.72. The standard InChI is InChI=1S/C23H28O3/c1-14(24)20(26)23-11-9-22(10-12-23)19-6-3-15-13-16(25)4-5-17(15)18(19)7-8-21(22,23)2/h9,11,13-14,19,24H,3-8,10,12H2,1-2H3/t14-,19+,21-,22?,23-/m0/s1. The van der Waals surface area contributed by atoms with Crippen molar-refractivity contribution in [3.8, 4) is 0 Å². The molecule has 0 saturated heterocycles. The number of rotatable bonds is 2. The van der Waals surface area contributed by atoms with E-state index in [-0.39, 0.29) is 22.4 Å². The summed E-state index contributed by atoms with van der Waals surface area (Å²) in [6, 6.07) is 0. The van der Waals surface area contributed by atoms with Crippen molar-refractivity contribution in [2.45, 2.75) is 71.3 Å². The van der Waals surface area contributed by atoms with E-state index in [1.165, 1.54) is 11.1 Å². The molecule has 0 radical (unpaired) electrons. The molecule has 3 nitrogen and oxygen atoms in total. The number of Topliss-reactive ketones (excluding diaryl/α,β-unsaturated/α-hetero) is 1. The second-order valence-electron chi connectivity index (χ2n) is 9.45. The van der Waals surface area contributed by atoms with E-state index >= 15 is 0 Å². The van der Waals surface area contributed by atoms with Crippen LogP contribution in [-0.4, -0.2) is 22.8 Å². The van der Waals surface area contributed by atoms with Gasteiger partial charge in [-0.2, -0.15) is 0 Å². The van der Waals surface area contributed by atoms with E-state index < -0.39 is 11.5 Å². The second-order valence-corrected chi connectivity index (χ2v) is 9.45. The van der Waals surface area contributed by atoms with Gasteiger partial charge < -0.3 is 5.11 Å². The third kappa shape index (κ3) is 1.69. The van der Waals surface area contributed by atoms with Crippen molar-refractivity contribution in [1.29, 1.82) is 0 Å². The van der Waals surface area contributed by atoms with Crippen LogP contribution in [0.15, 0.2) is 34.9 Å². The Morgan fingerprint density at radius 2 is 1.96 bits per heavy atom. The van der Waals surface area contributed by atoms with Gasteiger partial charge in [0.25, 0.3) is 0 Å². The topological polar surface area (TPSA) is 54.4 Å². The van der Waals surface area contributed by atoms with Gasteiger partial charge >= 0.3 is 0 Å². The van der Waals surface area contributed by atoms with E-state index in [2.05, 4.69) is 19.1 Å². The zero-order valence-electron chi connectivity index (χ0n) is 15.8. The Kier molecular flexibility index (Phi) is 3.25. The van der Waals surface area contributed by atoms with Crippen LogP contribution in [0.1, 0.15) is 65.2 Å². The number of carbonyl (C=O) groups is 2. The SMILES string of the molecule is C[C@H](O)C(=O)[C@]12C=CC3(CC1)[C@@H]1CCC4=CC(=O)CCC4=C1CC[C@@]32C. The molecule has 0 aromatic heterocycles. The molecule has 5 aliphatic carbocycles. The van der Waals surface area contributed by atoms with Crippen molar-refractivity contribution < 1.29 is 14.7 Å². The van der Waals surface area contributed by atoms with E-state index in [0.717, 1.165) is 44.9 Å². The first kappa shape index (κ1) is 16.7. The molecular weight excluding hydrogens is 324 g/mol. The van der Waals surface area contributed by atoms with E-state index in [0.29, 0.717) is 12.3 Å². The minimum Gasteiger partial charge on any atom is -0.386 e. The summed E-state index contributed by atoms with van der Waals surface area (Å²) >= 11 is 0. The number of aliphatic hydroxyl groups excluding tert-OH is 1. The van der Waals surface area contributed by atoms with Gasteiger partial charge in [-0.15, -0.1) is 0 Å². The van der Waals surface area contributed by atoms with E-state index in [1.807, 2.05) is 6.08 Å². The van der Waals surface area contributed by atoms with Crippen molar-refractivity contribution in [2.24, 2.45) is 22.2 Å². The Morgan fingerprint density at radius 1 is 1.15 bits per heavy atom. The Labute approximate surface area is 155 Å². The van der Waals surface area contributed by atoms with Crippen molar-refractivity contribution in [3.05, 3.63) is 34.9 Å². The fourth-order valence-corrected chi connectivity index (χ4v) is 7.49. The van der Waals surface area contributed by atoms with Crippen LogP contribution in [0.5, 0.6) is 0 Å². The predicted molar refractivity (Wildman–Crippen MR) is 99.3 cm³/mol. The predicted octanol–water partition coefficient (Wildman–Crippen LogP) is 4.07. The zero-order valence-corrected chi connectivity index (χ0v) is 15.8. The maximum Gasteiger partial charge on any atom is 0.171 e. The summed E-state index contributed by atoms with van der Waals surface area (Å²) in [6.07, 6.45) is 13.2. The maximum atomic E-state index is 13.0. The fourth-order valence-electron chi connectivity index (χ4n) is 7.49. The molecule has 2 bridgehead atoms. The molecule has 1 N–H and O–H groups in total. The average molecular weight is 352 g/mol. The van der Waals surface area contributed by atoms with E-state index in [1.54, 1.807) is 12.5 Å². The van der Waals surface area contributed by atoms with Crippen LogP contribution in [0.4, 0.5) is 0 Å². The first-order valence-corrected chi connectivity index (χ1v) is 10.2. The number of carbonyl (C=O) groups excluding carboxylic acids is 2. The number of hydrogen-bond donors (Lipinski definition) is 1. The van der Waals surface area contributed by atoms with Gasteiger partial charge in [0.1, 0.15) is 6.10 Å². The van der Waals surface area contributed by atoms with Crippen LogP contribution in [-0.2, 0) is 9.59 Å². The molecule has 0 spiro atoms. The number of ketones is 2. The highest BCUT2D eigenvalue weighted by molar-refractivity contribution is 5.94. The van der Waals surface area contributed by atoms with Gasteiger partial charge in [0.05, 0.1) is 5.41 Å². The summed E-state index contributed by atoms with van der Waals surface area (Å²) in [6.45, 7) is 3.94. The Hall–Kier alpha value is -1.48. The molecule has 2 fully saturated rings. The Bertz CT molecular complexity index is 813. The molecule has 1 unspecified atom stereocenters. The minimum absolute atomic E-state index is 0.0198. The number of allylic oxidation sites excluding steroid dienone is 6. The van der Waals surface area contributed by atoms with E-state index in [4.69, 9.17) is 0 Å². The molecule has 5 atom stereocenters. The highest BCUT2D eigenvalue weighted by atomic mass is 16.3.